The highest BCUT2D eigenvalue weighted by atomic mass is 35.5. The van der Waals surface area contributed by atoms with Crippen molar-refractivity contribution in [2.24, 2.45) is 0 Å². The van der Waals surface area contributed by atoms with Crippen molar-refractivity contribution in [2.75, 3.05) is 40.4 Å². The van der Waals surface area contributed by atoms with Gasteiger partial charge in [-0.1, -0.05) is 18.2 Å². The molecule has 6 aromatic rings. The van der Waals surface area contributed by atoms with E-state index >= 15 is 0 Å². The van der Waals surface area contributed by atoms with Crippen molar-refractivity contribution >= 4 is 58.1 Å². The number of amides is 1. The van der Waals surface area contributed by atoms with Crippen molar-refractivity contribution in [2.45, 2.75) is 39.3 Å². The average molecular weight is 834 g/mol. The smallest absolute Gasteiger partial charge is 0.416 e. The quantitative estimate of drug-likeness (QED) is 0.0864. The number of aromatic nitrogens is 5. The fourth-order valence-corrected chi connectivity index (χ4v) is 6.17. The van der Waals surface area contributed by atoms with Crippen LogP contribution in [0, 0.1) is 13.8 Å². The van der Waals surface area contributed by atoms with Gasteiger partial charge in [0.15, 0.2) is 0 Å². The zero-order chi connectivity index (χ0) is 41.7. The summed E-state index contributed by atoms with van der Waals surface area (Å²) in [5, 5.41) is 14.3. The number of aryl methyl sites for hydroxylation is 3. The second-order valence-electron chi connectivity index (χ2n) is 13.1. The van der Waals surface area contributed by atoms with Crippen molar-refractivity contribution < 1.29 is 27.9 Å². The van der Waals surface area contributed by atoms with Gasteiger partial charge >= 0.3 is 12.1 Å². The summed E-state index contributed by atoms with van der Waals surface area (Å²) in [6.07, 6.45) is 5.06. The van der Waals surface area contributed by atoms with Crippen LogP contribution in [0.1, 0.15) is 45.6 Å². The van der Waals surface area contributed by atoms with E-state index in [0.29, 0.717) is 41.2 Å². The van der Waals surface area contributed by atoms with Crippen LogP contribution in [0.5, 0.6) is 0 Å². The third-order valence-corrected chi connectivity index (χ3v) is 9.08. The zero-order valence-corrected chi connectivity index (χ0v) is 33.2. The van der Waals surface area contributed by atoms with E-state index < -0.39 is 23.6 Å². The molecule has 6 rings (SSSR count). The standard InChI is InChI=1S/C28H22F3N7O.C14H19Cl2NO2/c1-17-5-6-19(10-25(17)37-27-33-9-7-24(36-27)20-4-3-8-32-14-20)26(39)35-22-11-21(28(29,30)31)12-23(13-22)38-15-18(2)34-16-38;15-8-10-17(11-9-16)13-6-4-12(5-7-13)2-1-3-14(18)19/h3-16H,1-2H3,(H,35,39)(H,33,36,37);4-7H,1-3,8-11H2,(H,18,19). The summed E-state index contributed by atoms with van der Waals surface area (Å²) in [5.74, 6) is 0.131. The molecule has 3 aromatic carbocycles. The molecule has 1 amide bonds. The molecule has 3 N–H and O–H groups in total. The van der Waals surface area contributed by atoms with E-state index in [4.69, 9.17) is 28.3 Å². The Bertz CT molecular complexity index is 2280. The van der Waals surface area contributed by atoms with E-state index in [9.17, 15) is 22.8 Å². The van der Waals surface area contributed by atoms with Gasteiger partial charge in [0.25, 0.3) is 5.91 Å². The minimum absolute atomic E-state index is 0.00114. The van der Waals surface area contributed by atoms with E-state index in [2.05, 4.69) is 35.5 Å². The summed E-state index contributed by atoms with van der Waals surface area (Å²) in [4.78, 5) is 42.6. The molecular weight excluding hydrogens is 792 g/mol. The molecule has 0 bridgehead atoms. The Morgan fingerprint density at radius 2 is 1.67 bits per heavy atom. The molecule has 58 heavy (non-hydrogen) atoms. The number of imidazole rings is 1. The number of hydrogen-bond acceptors (Lipinski definition) is 8. The number of carbonyl (C=O) groups is 2. The second kappa shape index (κ2) is 20.4. The zero-order valence-electron chi connectivity index (χ0n) is 31.7. The van der Waals surface area contributed by atoms with Crippen LogP contribution in [-0.4, -0.2) is 66.3 Å². The summed E-state index contributed by atoms with van der Waals surface area (Å²) < 4.78 is 42.3. The van der Waals surface area contributed by atoms with Gasteiger partial charge in [0, 0.05) is 89.9 Å². The van der Waals surface area contributed by atoms with Gasteiger partial charge in [-0.3, -0.25) is 14.6 Å². The first-order chi connectivity index (χ1) is 27.8. The molecule has 0 atom stereocenters. The molecule has 3 aromatic heterocycles. The average Bonchev–Trinajstić information content (AvgIpc) is 3.65. The number of carboxylic acid groups (broad SMARTS) is 1. The van der Waals surface area contributed by atoms with E-state index in [1.807, 2.05) is 37.3 Å². The molecule has 0 aliphatic heterocycles. The minimum Gasteiger partial charge on any atom is -0.481 e. The van der Waals surface area contributed by atoms with Crippen LogP contribution in [0.2, 0.25) is 0 Å². The van der Waals surface area contributed by atoms with Crippen LogP contribution in [-0.2, 0) is 17.4 Å². The third kappa shape index (κ3) is 12.5. The molecule has 0 radical (unpaired) electrons. The highest BCUT2D eigenvalue weighted by molar-refractivity contribution is 6.18. The van der Waals surface area contributed by atoms with Gasteiger partial charge in [-0.15, -0.1) is 23.2 Å². The number of anilines is 4. The Morgan fingerprint density at radius 3 is 2.31 bits per heavy atom. The summed E-state index contributed by atoms with van der Waals surface area (Å²) >= 11 is 11.5. The normalized spacial score (nSPS) is 11.0. The predicted octanol–water partition coefficient (Wildman–Crippen LogP) is 9.73. The van der Waals surface area contributed by atoms with Crippen molar-refractivity contribution in [3.8, 4) is 16.9 Å². The summed E-state index contributed by atoms with van der Waals surface area (Å²) in [7, 11) is 0. The predicted molar refractivity (Wildman–Crippen MR) is 222 cm³/mol. The fraction of sp³-hybridized carbons (Fsp3) is 0.238. The number of hydrogen-bond donors (Lipinski definition) is 3. The Labute approximate surface area is 343 Å². The van der Waals surface area contributed by atoms with Gasteiger partial charge in [-0.25, -0.2) is 15.0 Å². The Hall–Kier alpha value is -5.99. The first kappa shape index (κ1) is 43.1. The van der Waals surface area contributed by atoms with Crippen LogP contribution in [0.4, 0.5) is 36.2 Å². The highest BCUT2D eigenvalue weighted by Gasteiger charge is 2.31. The van der Waals surface area contributed by atoms with E-state index in [0.717, 1.165) is 54.0 Å². The molecular formula is C42H41Cl2F3N8O3. The van der Waals surface area contributed by atoms with Gasteiger partial charge in [0.05, 0.1) is 23.3 Å². The molecule has 0 saturated heterocycles. The van der Waals surface area contributed by atoms with Gasteiger partial charge in [0.2, 0.25) is 5.95 Å². The maximum Gasteiger partial charge on any atom is 0.416 e. The fourth-order valence-electron chi connectivity index (χ4n) is 5.77. The number of nitrogens with zero attached hydrogens (tertiary/aromatic N) is 6. The van der Waals surface area contributed by atoms with Crippen LogP contribution in [0.3, 0.4) is 0 Å². The molecule has 16 heteroatoms. The maximum atomic E-state index is 13.6. The third-order valence-electron chi connectivity index (χ3n) is 8.74. The SMILES string of the molecule is Cc1cn(-c2cc(NC(=O)c3ccc(C)c(Nc4nccc(-c5cccnc5)n4)c3)cc(C(F)(F)F)c2)cn1.O=C(O)CCCc1ccc(N(CCCl)CCCl)cc1. The molecule has 11 nitrogen and oxygen atoms in total. The Balaban J connectivity index is 0.000000284. The van der Waals surface area contributed by atoms with Gasteiger partial charge in [-0.2, -0.15) is 13.2 Å². The number of nitrogens with one attached hydrogen (secondary N) is 2. The number of carboxylic acids is 1. The number of pyridine rings is 1. The van der Waals surface area contributed by atoms with Crippen molar-refractivity contribution in [3.05, 3.63) is 138 Å². The monoisotopic (exact) mass is 832 g/mol. The number of aliphatic carboxylic acids is 1. The molecule has 0 fully saturated rings. The number of alkyl halides is 5. The minimum atomic E-state index is -4.60. The Kier molecular flexibility index (Phi) is 15.2. The highest BCUT2D eigenvalue weighted by Crippen LogP contribution is 2.33. The molecule has 0 aliphatic carbocycles. The van der Waals surface area contributed by atoms with Crippen molar-refractivity contribution in [3.63, 3.8) is 0 Å². The molecule has 302 valence electrons. The number of halogens is 5. The topological polar surface area (TPSA) is 138 Å². The van der Waals surface area contributed by atoms with Crippen molar-refractivity contribution in [1.82, 2.24) is 24.5 Å². The summed E-state index contributed by atoms with van der Waals surface area (Å²) in [6, 6.07) is 21.9. The van der Waals surface area contributed by atoms with Crippen molar-refractivity contribution in [1.29, 1.82) is 0 Å². The first-order valence-electron chi connectivity index (χ1n) is 18.2. The lowest BCUT2D eigenvalue weighted by Gasteiger charge is -2.23. The van der Waals surface area contributed by atoms with Crippen LogP contribution in [0.15, 0.2) is 110 Å². The summed E-state index contributed by atoms with van der Waals surface area (Å²) in [5.41, 5.74) is 5.35. The van der Waals surface area contributed by atoms with Gasteiger partial charge < -0.3 is 25.2 Å². The van der Waals surface area contributed by atoms with E-state index in [-0.39, 0.29) is 23.4 Å². The molecule has 0 saturated carbocycles. The first-order valence-corrected chi connectivity index (χ1v) is 19.2. The largest absolute Gasteiger partial charge is 0.481 e. The maximum absolute atomic E-state index is 13.6. The number of rotatable bonds is 15. The van der Waals surface area contributed by atoms with Crippen LogP contribution >= 0.6 is 23.2 Å². The van der Waals surface area contributed by atoms with Crippen LogP contribution in [0.25, 0.3) is 16.9 Å². The van der Waals surface area contributed by atoms with Gasteiger partial charge in [0.1, 0.15) is 0 Å². The molecule has 3 heterocycles. The number of carbonyl (C=O) groups excluding carboxylic acids is 1. The lowest BCUT2D eigenvalue weighted by atomic mass is 10.1. The molecule has 0 aliphatic rings. The van der Waals surface area contributed by atoms with E-state index in [1.165, 1.54) is 17.0 Å². The lowest BCUT2D eigenvalue weighted by Crippen LogP contribution is -2.27. The molecule has 0 unspecified atom stereocenters. The van der Waals surface area contributed by atoms with Gasteiger partial charge in [-0.05, 0) is 98.5 Å². The Morgan fingerprint density at radius 1 is 0.914 bits per heavy atom. The van der Waals surface area contributed by atoms with Crippen LogP contribution < -0.4 is 15.5 Å². The lowest BCUT2D eigenvalue weighted by molar-refractivity contribution is -0.138. The molecule has 0 spiro atoms. The summed E-state index contributed by atoms with van der Waals surface area (Å²) in [6.45, 7) is 5.12. The number of benzene rings is 3. The van der Waals surface area contributed by atoms with E-state index in [1.54, 1.807) is 62.0 Å². The second-order valence-corrected chi connectivity index (χ2v) is 13.8.